The van der Waals surface area contributed by atoms with E-state index in [9.17, 15) is 15.0 Å². The molecule has 0 fully saturated rings. The molecule has 1 aromatic carbocycles. The number of phenolic OH excluding ortho intramolecular Hbond substituents is 1. The van der Waals surface area contributed by atoms with E-state index in [1.807, 2.05) is 13.8 Å². The Labute approximate surface area is 153 Å². The number of rotatable bonds is 10. The van der Waals surface area contributed by atoms with Crippen molar-refractivity contribution < 1.29 is 19.7 Å². The molecule has 2 unspecified atom stereocenters. The molecule has 144 valence electrons. The van der Waals surface area contributed by atoms with Gasteiger partial charge >= 0.3 is 0 Å². The van der Waals surface area contributed by atoms with Crippen LogP contribution >= 0.6 is 0 Å². The molecule has 4 heteroatoms. The number of carbonyl (C=O) groups excluding carboxylic acids is 1. The highest BCUT2D eigenvalue weighted by atomic mass is 16.5. The summed E-state index contributed by atoms with van der Waals surface area (Å²) >= 11 is 0. The number of aliphatic hydroxyl groups excluding tert-OH is 1. The van der Waals surface area contributed by atoms with Crippen molar-refractivity contribution in [1.29, 1.82) is 0 Å². The summed E-state index contributed by atoms with van der Waals surface area (Å²) in [4.78, 5) is 12.1. The molecule has 0 aromatic heterocycles. The van der Waals surface area contributed by atoms with Crippen LogP contribution in [0.4, 0.5) is 0 Å². The van der Waals surface area contributed by atoms with Gasteiger partial charge in [-0.1, -0.05) is 59.9 Å². The minimum Gasteiger partial charge on any atom is -0.504 e. The molecule has 0 aliphatic carbocycles. The van der Waals surface area contributed by atoms with E-state index < -0.39 is 6.10 Å². The minimum atomic E-state index is -1.00. The van der Waals surface area contributed by atoms with Crippen molar-refractivity contribution in [2.24, 2.45) is 11.8 Å². The summed E-state index contributed by atoms with van der Waals surface area (Å²) in [5.74, 6) is 1.27. The third-order valence-corrected chi connectivity index (χ3v) is 4.07. The number of aromatic hydroxyl groups is 1. The topological polar surface area (TPSA) is 66.8 Å². The van der Waals surface area contributed by atoms with Crippen LogP contribution in [-0.2, 0) is 11.2 Å². The zero-order valence-electron chi connectivity index (χ0n) is 16.7. The number of carbonyl (C=O) groups is 1. The fourth-order valence-electron chi connectivity index (χ4n) is 2.64. The number of Topliss-reactive ketones (excluding diaryl/α,β-unsaturated/α-hetero) is 1. The predicted molar refractivity (Wildman–Crippen MR) is 103 cm³/mol. The molecule has 0 aliphatic rings. The van der Waals surface area contributed by atoms with Crippen molar-refractivity contribution in [2.75, 3.05) is 7.11 Å². The predicted octanol–water partition coefficient (Wildman–Crippen LogP) is 4.75. The highest BCUT2D eigenvalue weighted by Crippen LogP contribution is 2.27. The van der Waals surface area contributed by atoms with Gasteiger partial charge in [-0.3, -0.25) is 4.79 Å². The van der Waals surface area contributed by atoms with Gasteiger partial charge in [-0.2, -0.15) is 0 Å². The van der Waals surface area contributed by atoms with Gasteiger partial charge in [0.05, 0.1) is 7.11 Å². The molecule has 4 nitrogen and oxygen atoms in total. The quantitative estimate of drug-likeness (QED) is 0.637. The molecule has 0 radical (unpaired) electrons. The first-order valence-electron chi connectivity index (χ1n) is 9.40. The van der Waals surface area contributed by atoms with Gasteiger partial charge in [0.25, 0.3) is 0 Å². The lowest BCUT2D eigenvalue weighted by atomic mass is 9.93. The third-order valence-electron chi connectivity index (χ3n) is 4.07. The molecular formula is C21H36O4. The largest absolute Gasteiger partial charge is 0.504 e. The fraction of sp³-hybridized carbons (Fsp3) is 0.667. The van der Waals surface area contributed by atoms with Crippen LogP contribution in [0.2, 0.25) is 0 Å². The molecule has 0 saturated heterocycles. The summed E-state index contributed by atoms with van der Waals surface area (Å²) in [6.45, 7) is 10.5. The Hall–Kier alpha value is -1.55. The van der Waals surface area contributed by atoms with Gasteiger partial charge in [0.1, 0.15) is 6.10 Å². The number of hydrogen-bond acceptors (Lipinski definition) is 4. The van der Waals surface area contributed by atoms with E-state index in [0.29, 0.717) is 24.0 Å². The molecule has 0 heterocycles. The molecule has 0 spiro atoms. The number of benzene rings is 1. The Kier molecular flexibility index (Phi) is 12.0. The molecule has 1 aromatic rings. The van der Waals surface area contributed by atoms with Crippen LogP contribution in [0.15, 0.2) is 18.2 Å². The Morgan fingerprint density at radius 3 is 2.36 bits per heavy atom. The van der Waals surface area contributed by atoms with Crippen molar-refractivity contribution in [3.05, 3.63) is 23.8 Å². The van der Waals surface area contributed by atoms with E-state index in [2.05, 4.69) is 20.8 Å². The van der Waals surface area contributed by atoms with E-state index in [-0.39, 0.29) is 18.0 Å². The SMILES string of the molecule is CC.COc1cc(CC(O)C(=O)CC(C)CCCC(C)C)ccc1O. The van der Waals surface area contributed by atoms with Gasteiger partial charge in [-0.25, -0.2) is 0 Å². The summed E-state index contributed by atoms with van der Waals surface area (Å²) in [7, 11) is 1.47. The maximum Gasteiger partial charge on any atom is 0.161 e. The Bertz CT molecular complexity index is 497. The van der Waals surface area contributed by atoms with Gasteiger partial charge in [-0.05, 0) is 29.5 Å². The molecule has 0 bridgehead atoms. The Morgan fingerprint density at radius 1 is 1.16 bits per heavy atom. The average molecular weight is 353 g/mol. The number of aliphatic hydroxyl groups is 1. The van der Waals surface area contributed by atoms with Crippen molar-refractivity contribution in [2.45, 2.75) is 72.8 Å². The molecular weight excluding hydrogens is 316 g/mol. The van der Waals surface area contributed by atoms with Gasteiger partial charge in [-0.15, -0.1) is 0 Å². The lowest BCUT2D eigenvalue weighted by molar-refractivity contribution is -0.127. The maximum atomic E-state index is 12.1. The van der Waals surface area contributed by atoms with Gasteiger partial charge < -0.3 is 14.9 Å². The van der Waals surface area contributed by atoms with E-state index in [1.165, 1.54) is 19.6 Å². The van der Waals surface area contributed by atoms with Crippen LogP contribution in [0, 0.1) is 11.8 Å². The highest BCUT2D eigenvalue weighted by molar-refractivity contribution is 5.83. The smallest absolute Gasteiger partial charge is 0.161 e. The third kappa shape index (κ3) is 9.49. The highest BCUT2D eigenvalue weighted by Gasteiger charge is 2.19. The summed E-state index contributed by atoms with van der Waals surface area (Å²) in [5, 5.41) is 19.7. The number of ether oxygens (including phenoxy) is 1. The zero-order valence-corrected chi connectivity index (χ0v) is 16.7. The van der Waals surface area contributed by atoms with Crippen molar-refractivity contribution in [3.8, 4) is 11.5 Å². The van der Waals surface area contributed by atoms with E-state index in [4.69, 9.17) is 4.74 Å². The van der Waals surface area contributed by atoms with Crippen LogP contribution in [0.5, 0.6) is 11.5 Å². The normalized spacial score (nSPS) is 13.0. The molecule has 25 heavy (non-hydrogen) atoms. The maximum absolute atomic E-state index is 12.1. The number of hydrogen-bond donors (Lipinski definition) is 2. The van der Waals surface area contributed by atoms with Crippen molar-refractivity contribution in [1.82, 2.24) is 0 Å². The Balaban J connectivity index is 0.00000277. The molecule has 2 N–H and O–H groups in total. The first kappa shape index (κ1) is 23.4. The molecule has 2 atom stereocenters. The van der Waals surface area contributed by atoms with Crippen LogP contribution < -0.4 is 4.74 Å². The Morgan fingerprint density at radius 2 is 1.80 bits per heavy atom. The molecule has 0 amide bonds. The first-order chi connectivity index (χ1) is 11.8. The second-order valence-electron chi connectivity index (χ2n) is 6.83. The van der Waals surface area contributed by atoms with Crippen LogP contribution in [-0.4, -0.2) is 29.2 Å². The van der Waals surface area contributed by atoms with E-state index in [0.717, 1.165) is 18.4 Å². The number of ketones is 1. The lowest BCUT2D eigenvalue weighted by Gasteiger charge is -2.15. The van der Waals surface area contributed by atoms with Crippen molar-refractivity contribution in [3.63, 3.8) is 0 Å². The van der Waals surface area contributed by atoms with Crippen LogP contribution in [0.25, 0.3) is 0 Å². The van der Waals surface area contributed by atoms with Gasteiger partial charge in [0.15, 0.2) is 17.3 Å². The molecule has 0 aliphatic heterocycles. The summed E-state index contributed by atoms with van der Waals surface area (Å²) in [5.41, 5.74) is 0.771. The van der Waals surface area contributed by atoms with Crippen LogP contribution in [0.3, 0.4) is 0 Å². The summed E-state index contributed by atoms with van der Waals surface area (Å²) in [6, 6.07) is 4.86. The van der Waals surface area contributed by atoms with Gasteiger partial charge in [0, 0.05) is 12.8 Å². The van der Waals surface area contributed by atoms with E-state index in [1.54, 1.807) is 12.1 Å². The summed E-state index contributed by atoms with van der Waals surface area (Å²) in [6.07, 6.45) is 2.97. The first-order valence-corrected chi connectivity index (χ1v) is 9.40. The van der Waals surface area contributed by atoms with Crippen LogP contribution in [0.1, 0.15) is 65.9 Å². The van der Waals surface area contributed by atoms with E-state index >= 15 is 0 Å². The molecule has 1 rings (SSSR count). The number of methoxy groups -OCH3 is 1. The lowest BCUT2D eigenvalue weighted by Crippen LogP contribution is -2.24. The second kappa shape index (κ2) is 12.8. The monoisotopic (exact) mass is 352 g/mol. The zero-order chi connectivity index (χ0) is 19.4. The fourth-order valence-corrected chi connectivity index (χ4v) is 2.64. The van der Waals surface area contributed by atoms with Gasteiger partial charge in [0.2, 0.25) is 0 Å². The minimum absolute atomic E-state index is 0.0517. The standard InChI is InChI=1S/C19H30O4.C2H6/c1-13(2)6-5-7-14(3)10-17(21)18(22)11-15-8-9-16(20)19(12-15)23-4;1-2/h8-9,12-14,18,20,22H,5-7,10-11H2,1-4H3;1-2H3. The average Bonchev–Trinajstić information content (AvgIpc) is 2.57. The van der Waals surface area contributed by atoms with Crippen molar-refractivity contribution >= 4 is 5.78 Å². The second-order valence-corrected chi connectivity index (χ2v) is 6.83. The molecule has 0 saturated carbocycles. The number of phenols is 1. The summed E-state index contributed by atoms with van der Waals surface area (Å²) < 4.78 is 5.04.